The molecule has 2 rings (SSSR count). The summed E-state index contributed by atoms with van der Waals surface area (Å²) in [6.07, 6.45) is 0.381. The maximum atomic E-state index is 11.6. The largest absolute Gasteiger partial charge is 0.391 e. The molecular weight excluding hydrogens is 228 g/mol. The molecule has 0 aliphatic carbocycles. The Morgan fingerprint density at radius 3 is 3.06 bits per heavy atom. The third-order valence-corrected chi connectivity index (χ3v) is 3.53. The van der Waals surface area contributed by atoms with E-state index in [0.29, 0.717) is 18.5 Å². The van der Waals surface area contributed by atoms with Crippen LogP contribution in [0.1, 0.15) is 16.8 Å². The van der Waals surface area contributed by atoms with Gasteiger partial charge in [0.05, 0.1) is 6.10 Å². The Balaban J connectivity index is 2.31. The molecule has 88 valence electrons. The number of carbonyl (C=O) groups excluding carboxylic acids is 1. The normalized spacial score (nSPS) is 20.1. The molecular formula is C9H14N4O2S. The van der Waals surface area contributed by atoms with Gasteiger partial charge in [-0.1, -0.05) is 0 Å². The van der Waals surface area contributed by atoms with Crippen LogP contribution in [0.4, 0.5) is 10.8 Å². The average Bonchev–Trinajstić information content (AvgIpc) is 2.83. The monoisotopic (exact) mass is 242 g/mol. The first-order valence-electron chi connectivity index (χ1n) is 5.03. The smallest absolute Gasteiger partial charge is 0.257 e. The van der Waals surface area contributed by atoms with Gasteiger partial charge >= 0.3 is 0 Å². The number of aromatic nitrogens is 1. The van der Waals surface area contributed by atoms with Crippen molar-refractivity contribution in [2.24, 2.45) is 0 Å². The molecule has 0 aromatic carbocycles. The standard InChI is InChI=1S/C9H14N4O2S/c1-11-8(15)6-7(10)12-16-9(6)13-3-2-5(14)4-13/h5,14H,2-4H2,1H3,(H2,10,12)(H,11,15). The van der Waals surface area contributed by atoms with E-state index in [9.17, 15) is 9.90 Å². The SMILES string of the molecule is CNC(=O)c1c(N)nsc1N1CCC(O)C1. The summed E-state index contributed by atoms with van der Waals surface area (Å²) in [5.41, 5.74) is 6.09. The van der Waals surface area contributed by atoms with Gasteiger partial charge in [-0.3, -0.25) is 4.79 Å². The Hall–Kier alpha value is -1.34. The number of nitrogens with one attached hydrogen (secondary N) is 1. The second kappa shape index (κ2) is 4.26. The van der Waals surface area contributed by atoms with Crippen LogP contribution >= 0.6 is 11.5 Å². The molecule has 1 saturated heterocycles. The van der Waals surface area contributed by atoms with Crippen molar-refractivity contribution in [2.75, 3.05) is 30.8 Å². The van der Waals surface area contributed by atoms with E-state index in [4.69, 9.17) is 5.73 Å². The molecule has 0 bridgehead atoms. The van der Waals surface area contributed by atoms with Gasteiger partial charge in [0.1, 0.15) is 10.6 Å². The summed E-state index contributed by atoms with van der Waals surface area (Å²) in [5, 5.41) is 12.8. The molecule has 1 aliphatic heterocycles. The third-order valence-electron chi connectivity index (χ3n) is 2.61. The van der Waals surface area contributed by atoms with Gasteiger partial charge in [0.25, 0.3) is 5.91 Å². The second-order valence-electron chi connectivity index (χ2n) is 3.72. The number of amides is 1. The van der Waals surface area contributed by atoms with Crippen LogP contribution in [0.3, 0.4) is 0 Å². The molecule has 4 N–H and O–H groups in total. The second-order valence-corrected chi connectivity index (χ2v) is 4.47. The number of hydrogen-bond donors (Lipinski definition) is 3. The molecule has 1 aromatic heterocycles. The predicted molar refractivity (Wildman–Crippen MR) is 62.8 cm³/mol. The molecule has 1 aliphatic rings. The van der Waals surface area contributed by atoms with Crippen LogP contribution in [0.5, 0.6) is 0 Å². The molecule has 1 unspecified atom stereocenters. The zero-order chi connectivity index (χ0) is 11.7. The number of carbonyl (C=O) groups is 1. The van der Waals surface area contributed by atoms with Gasteiger partial charge in [-0.2, -0.15) is 4.37 Å². The van der Waals surface area contributed by atoms with Crippen LogP contribution < -0.4 is 16.0 Å². The third kappa shape index (κ3) is 1.83. The number of aliphatic hydroxyl groups is 1. The highest BCUT2D eigenvalue weighted by Crippen LogP contribution is 2.32. The lowest BCUT2D eigenvalue weighted by Gasteiger charge is -2.16. The summed E-state index contributed by atoms with van der Waals surface area (Å²) in [6.45, 7) is 1.26. The van der Waals surface area contributed by atoms with Crippen LogP contribution in [0, 0.1) is 0 Å². The fourth-order valence-electron chi connectivity index (χ4n) is 1.77. The van der Waals surface area contributed by atoms with Crippen LogP contribution in [0.15, 0.2) is 0 Å². The maximum Gasteiger partial charge on any atom is 0.257 e. The number of anilines is 2. The molecule has 0 spiro atoms. The lowest BCUT2D eigenvalue weighted by molar-refractivity contribution is 0.0964. The average molecular weight is 242 g/mol. The summed E-state index contributed by atoms with van der Waals surface area (Å²) in [5.74, 6) is 0.0170. The van der Waals surface area contributed by atoms with Crippen LogP contribution in [0.25, 0.3) is 0 Å². The van der Waals surface area contributed by atoms with Crippen molar-refractivity contribution in [1.82, 2.24) is 9.69 Å². The lowest BCUT2D eigenvalue weighted by atomic mass is 10.3. The van der Waals surface area contributed by atoms with E-state index in [2.05, 4.69) is 9.69 Å². The van der Waals surface area contributed by atoms with Crippen LogP contribution in [-0.2, 0) is 0 Å². The van der Waals surface area contributed by atoms with Gasteiger partial charge in [-0.25, -0.2) is 0 Å². The van der Waals surface area contributed by atoms with Crippen LogP contribution in [-0.4, -0.2) is 41.6 Å². The Kier molecular flexibility index (Phi) is 2.97. The highest BCUT2D eigenvalue weighted by Gasteiger charge is 2.27. The number of hydrogen-bond acceptors (Lipinski definition) is 6. The van der Waals surface area contributed by atoms with E-state index in [1.165, 1.54) is 11.5 Å². The van der Waals surface area contributed by atoms with Crippen molar-refractivity contribution in [1.29, 1.82) is 0 Å². The summed E-state index contributed by atoms with van der Waals surface area (Å²) in [4.78, 5) is 13.6. The minimum absolute atomic E-state index is 0.234. The quantitative estimate of drug-likeness (QED) is 0.659. The van der Waals surface area contributed by atoms with Crippen molar-refractivity contribution < 1.29 is 9.90 Å². The zero-order valence-electron chi connectivity index (χ0n) is 8.93. The fraction of sp³-hybridized carbons (Fsp3) is 0.556. The van der Waals surface area contributed by atoms with E-state index in [0.717, 1.165) is 11.5 Å². The lowest BCUT2D eigenvalue weighted by Crippen LogP contribution is -2.25. The summed E-state index contributed by atoms with van der Waals surface area (Å²) in [7, 11) is 1.56. The van der Waals surface area contributed by atoms with Gasteiger partial charge < -0.3 is 21.1 Å². The summed E-state index contributed by atoms with van der Waals surface area (Å²) < 4.78 is 3.99. The molecule has 2 heterocycles. The first kappa shape index (κ1) is 11.2. The highest BCUT2D eigenvalue weighted by molar-refractivity contribution is 7.11. The summed E-state index contributed by atoms with van der Waals surface area (Å²) in [6, 6.07) is 0. The van der Waals surface area contributed by atoms with Crippen molar-refractivity contribution >= 4 is 28.3 Å². The number of β-amino-alcohol motifs (C(OH)–C–C–N with tert-alkyl or cyclic N) is 1. The maximum absolute atomic E-state index is 11.6. The van der Waals surface area contributed by atoms with Gasteiger partial charge in [0.2, 0.25) is 0 Å². The Morgan fingerprint density at radius 2 is 2.50 bits per heavy atom. The van der Waals surface area contributed by atoms with Gasteiger partial charge in [0, 0.05) is 20.1 Å². The van der Waals surface area contributed by atoms with E-state index >= 15 is 0 Å². The Morgan fingerprint density at radius 1 is 1.75 bits per heavy atom. The van der Waals surface area contributed by atoms with Gasteiger partial charge in [-0.15, -0.1) is 0 Å². The molecule has 16 heavy (non-hydrogen) atoms. The highest BCUT2D eigenvalue weighted by atomic mass is 32.1. The summed E-state index contributed by atoms with van der Waals surface area (Å²) >= 11 is 1.20. The molecule has 0 radical (unpaired) electrons. The van der Waals surface area contributed by atoms with Gasteiger partial charge in [-0.05, 0) is 18.0 Å². The molecule has 1 aromatic rings. The van der Waals surface area contributed by atoms with Crippen molar-refractivity contribution in [3.05, 3.63) is 5.56 Å². The Labute approximate surface area is 97.2 Å². The minimum atomic E-state index is -0.333. The molecule has 1 fully saturated rings. The van der Waals surface area contributed by atoms with E-state index in [-0.39, 0.29) is 17.8 Å². The topological polar surface area (TPSA) is 91.5 Å². The van der Waals surface area contributed by atoms with Crippen molar-refractivity contribution in [3.8, 4) is 0 Å². The predicted octanol–water partition coefficient (Wildman–Crippen LogP) is -0.344. The Bertz CT molecular complexity index is 406. The van der Waals surface area contributed by atoms with Crippen molar-refractivity contribution in [3.63, 3.8) is 0 Å². The number of nitrogens with zero attached hydrogens (tertiary/aromatic N) is 2. The molecule has 1 amide bonds. The molecule has 6 nitrogen and oxygen atoms in total. The minimum Gasteiger partial charge on any atom is -0.391 e. The van der Waals surface area contributed by atoms with E-state index in [1.54, 1.807) is 7.05 Å². The zero-order valence-corrected chi connectivity index (χ0v) is 9.75. The number of nitrogens with two attached hydrogens (primary N) is 1. The first-order chi connectivity index (χ1) is 7.63. The number of nitrogen functional groups attached to an aromatic ring is 1. The number of rotatable bonds is 2. The number of aliphatic hydroxyl groups excluding tert-OH is 1. The molecule has 7 heteroatoms. The molecule has 1 atom stereocenters. The van der Waals surface area contributed by atoms with E-state index in [1.807, 2.05) is 4.90 Å². The van der Waals surface area contributed by atoms with Gasteiger partial charge in [0.15, 0.2) is 5.82 Å². The van der Waals surface area contributed by atoms with E-state index < -0.39 is 0 Å². The first-order valence-corrected chi connectivity index (χ1v) is 5.81. The fourth-order valence-corrected chi connectivity index (χ4v) is 2.62. The molecule has 0 saturated carbocycles. The van der Waals surface area contributed by atoms with Crippen molar-refractivity contribution in [2.45, 2.75) is 12.5 Å². The van der Waals surface area contributed by atoms with Crippen LogP contribution in [0.2, 0.25) is 0 Å².